The number of nitrogens with zero attached hydrogens (tertiary/aromatic N) is 3. The van der Waals surface area contributed by atoms with Crippen LogP contribution in [0.15, 0.2) is 27.7 Å². The number of hydrogen-bond acceptors (Lipinski definition) is 4. The monoisotopic (exact) mass is 349 g/mol. The van der Waals surface area contributed by atoms with Gasteiger partial charge in [0, 0.05) is 32.6 Å². The standard InChI is InChI=1S/C18H31N5O2/c1-7-14(8-2)16-9-15(25-22-16)11-20-18(19-10-13(3)4)21-12-17(24)23(5)6/h9,14H,3,7-8,10-12H2,1-2,4-6H3,(H2,19,20,21). The molecule has 1 heterocycles. The van der Waals surface area contributed by atoms with Crippen LogP contribution in [0.3, 0.4) is 0 Å². The van der Waals surface area contributed by atoms with Gasteiger partial charge in [-0.1, -0.05) is 31.2 Å². The molecule has 0 aliphatic carbocycles. The van der Waals surface area contributed by atoms with Crippen LogP contribution >= 0.6 is 0 Å². The zero-order valence-electron chi connectivity index (χ0n) is 16.1. The summed E-state index contributed by atoms with van der Waals surface area (Å²) in [5.41, 5.74) is 1.96. The molecule has 0 spiro atoms. The van der Waals surface area contributed by atoms with Crippen molar-refractivity contribution in [3.63, 3.8) is 0 Å². The van der Waals surface area contributed by atoms with E-state index >= 15 is 0 Å². The number of likely N-dealkylation sites (N-methyl/N-ethyl adjacent to an activating group) is 1. The van der Waals surface area contributed by atoms with E-state index in [2.05, 4.69) is 41.2 Å². The number of hydrogen-bond donors (Lipinski definition) is 2. The molecule has 140 valence electrons. The quantitative estimate of drug-likeness (QED) is 0.406. The third-order valence-corrected chi connectivity index (χ3v) is 3.84. The van der Waals surface area contributed by atoms with Crippen LogP contribution in [0.1, 0.15) is 51.0 Å². The van der Waals surface area contributed by atoms with Gasteiger partial charge in [0.2, 0.25) is 5.91 Å². The smallest absolute Gasteiger partial charge is 0.243 e. The molecule has 1 aromatic heterocycles. The maximum atomic E-state index is 11.7. The lowest BCUT2D eigenvalue weighted by Crippen LogP contribution is -2.38. The molecule has 0 bridgehead atoms. The molecular weight excluding hydrogens is 318 g/mol. The molecule has 0 aliphatic rings. The summed E-state index contributed by atoms with van der Waals surface area (Å²) in [6.45, 7) is 11.2. The number of carbonyl (C=O) groups is 1. The van der Waals surface area contributed by atoms with E-state index in [1.807, 2.05) is 13.0 Å². The fourth-order valence-electron chi connectivity index (χ4n) is 2.18. The van der Waals surface area contributed by atoms with Crippen molar-refractivity contribution >= 4 is 11.9 Å². The highest BCUT2D eigenvalue weighted by Crippen LogP contribution is 2.22. The van der Waals surface area contributed by atoms with E-state index < -0.39 is 0 Å². The minimum Gasteiger partial charge on any atom is -0.359 e. The number of carbonyl (C=O) groups excluding carboxylic acids is 1. The van der Waals surface area contributed by atoms with Crippen molar-refractivity contribution in [2.24, 2.45) is 4.99 Å². The zero-order chi connectivity index (χ0) is 18.8. The van der Waals surface area contributed by atoms with E-state index in [1.165, 1.54) is 4.90 Å². The number of rotatable bonds is 9. The lowest BCUT2D eigenvalue weighted by molar-refractivity contribution is -0.127. The van der Waals surface area contributed by atoms with Crippen LogP contribution in [-0.2, 0) is 11.3 Å². The Hall–Kier alpha value is -2.31. The van der Waals surface area contributed by atoms with E-state index in [0.29, 0.717) is 25.0 Å². The van der Waals surface area contributed by atoms with Gasteiger partial charge in [-0.15, -0.1) is 0 Å². The summed E-state index contributed by atoms with van der Waals surface area (Å²) >= 11 is 0. The Balaban J connectivity index is 2.69. The van der Waals surface area contributed by atoms with Gasteiger partial charge in [0.25, 0.3) is 0 Å². The third-order valence-electron chi connectivity index (χ3n) is 3.84. The highest BCUT2D eigenvalue weighted by atomic mass is 16.5. The highest BCUT2D eigenvalue weighted by Gasteiger charge is 2.13. The van der Waals surface area contributed by atoms with Crippen molar-refractivity contribution < 1.29 is 9.32 Å². The van der Waals surface area contributed by atoms with Crippen LogP contribution in [0.5, 0.6) is 0 Å². The van der Waals surface area contributed by atoms with Gasteiger partial charge in [0.15, 0.2) is 11.7 Å². The van der Waals surface area contributed by atoms with Crippen LogP contribution in [0.2, 0.25) is 0 Å². The predicted molar refractivity (Wildman–Crippen MR) is 100 cm³/mol. The summed E-state index contributed by atoms with van der Waals surface area (Å²) in [7, 11) is 3.42. The molecule has 25 heavy (non-hydrogen) atoms. The number of guanidine groups is 1. The van der Waals surface area contributed by atoms with E-state index in [4.69, 9.17) is 4.52 Å². The Labute approximate surface area is 150 Å². The van der Waals surface area contributed by atoms with Gasteiger partial charge in [-0.25, -0.2) is 4.99 Å². The Bertz CT molecular complexity index is 588. The van der Waals surface area contributed by atoms with E-state index in [9.17, 15) is 4.79 Å². The maximum Gasteiger partial charge on any atom is 0.243 e. The average molecular weight is 349 g/mol. The van der Waals surface area contributed by atoms with Gasteiger partial charge in [-0.05, 0) is 19.8 Å². The second-order valence-corrected chi connectivity index (χ2v) is 6.35. The SMILES string of the molecule is C=C(C)CNC(=NCC(=O)N(C)C)NCc1cc(C(CC)CC)no1. The van der Waals surface area contributed by atoms with Crippen molar-refractivity contribution in [3.8, 4) is 0 Å². The van der Waals surface area contributed by atoms with Gasteiger partial charge in [-0.3, -0.25) is 4.79 Å². The first kappa shape index (κ1) is 20.7. The van der Waals surface area contributed by atoms with Crippen molar-refractivity contribution in [2.75, 3.05) is 27.2 Å². The molecule has 0 saturated carbocycles. The lowest BCUT2D eigenvalue weighted by Gasteiger charge is -2.13. The number of nitrogens with one attached hydrogen (secondary N) is 2. The fraction of sp³-hybridized carbons (Fsp3) is 0.611. The van der Waals surface area contributed by atoms with E-state index in [-0.39, 0.29) is 12.5 Å². The predicted octanol–water partition coefficient (Wildman–Crippen LogP) is 2.28. The van der Waals surface area contributed by atoms with Crippen LogP contribution < -0.4 is 10.6 Å². The summed E-state index contributed by atoms with van der Waals surface area (Å²) < 4.78 is 5.40. The second kappa shape index (κ2) is 10.5. The average Bonchev–Trinajstić information content (AvgIpc) is 3.03. The molecule has 0 aliphatic heterocycles. The minimum absolute atomic E-state index is 0.0629. The summed E-state index contributed by atoms with van der Waals surface area (Å²) in [5, 5.41) is 10.5. The van der Waals surface area contributed by atoms with Crippen molar-refractivity contribution in [2.45, 2.75) is 46.1 Å². The summed E-state index contributed by atoms with van der Waals surface area (Å²) in [4.78, 5) is 17.5. The normalized spacial score (nSPS) is 11.5. The van der Waals surface area contributed by atoms with Gasteiger partial charge in [0.05, 0.1) is 12.2 Å². The summed E-state index contributed by atoms with van der Waals surface area (Å²) in [5.74, 6) is 1.64. The minimum atomic E-state index is -0.0629. The molecule has 0 atom stereocenters. The first-order valence-corrected chi connectivity index (χ1v) is 8.69. The first-order valence-electron chi connectivity index (χ1n) is 8.69. The Kier molecular flexibility index (Phi) is 8.74. The first-order chi connectivity index (χ1) is 11.9. The van der Waals surface area contributed by atoms with Gasteiger partial charge >= 0.3 is 0 Å². The molecular formula is C18H31N5O2. The molecule has 0 aromatic carbocycles. The molecule has 7 nitrogen and oxygen atoms in total. The molecule has 1 amide bonds. The Morgan fingerprint density at radius 2 is 2.04 bits per heavy atom. The molecule has 0 saturated heterocycles. The van der Waals surface area contributed by atoms with Crippen LogP contribution in [0.4, 0.5) is 0 Å². The van der Waals surface area contributed by atoms with Gasteiger partial charge < -0.3 is 20.1 Å². The van der Waals surface area contributed by atoms with E-state index in [0.717, 1.165) is 29.9 Å². The molecule has 1 rings (SSSR count). The van der Waals surface area contributed by atoms with Crippen LogP contribution in [0.25, 0.3) is 0 Å². The third kappa shape index (κ3) is 7.41. The molecule has 2 N–H and O–H groups in total. The van der Waals surface area contributed by atoms with Crippen molar-refractivity contribution in [1.82, 2.24) is 20.7 Å². The summed E-state index contributed by atoms with van der Waals surface area (Å²) in [6, 6.07) is 1.98. The molecule has 1 aromatic rings. The maximum absolute atomic E-state index is 11.7. The largest absolute Gasteiger partial charge is 0.359 e. The number of aromatic nitrogens is 1. The van der Waals surface area contributed by atoms with E-state index in [1.54, 1.807) is 14.1 Å². The number of aliphatic imine (C=N–C) groups is 1. The zero-order valence-corrected chi connectivity index (χ0v) is 16.1. The van der Waals surface area contributed by atoms with Gasteiger partial charge in [-0.2, -0.15) is 0 Å². The van der Waals surface area contributed by atoms with Crippen LogP contribution in [0, 0.1) is 0 Å². The Morgan fingerprint density at radius 3 is 2.60 bits per heavy atom. The van der Waals surface area contributed by atoms with Crippen molar-refractivity contribution in [3.05, 3.63) is 29.7 Å². The lowest BCUT2D eigenvalue weighted by atomic mass is 9.99. The second-order valence-electron chi connectivity index (χ2n) is 6.35. The van der Waals surface area contributed by atoms with Crippen molar-refractivity contribution in [1.29, 1.82) is 0 Å². The summed E-state index contributed by atoms with van der Waals surface area (Å²) in [6.07, 6.45) is 2.07. The fourth-order valence-corrected chi connectivity index (χ4v) is 2.18. The highest BCUT2D eigenvalue weighted by molar-refractivity contribution is 5.84. The molecule has 0 radical (unpaired) electrons. The van der Waals surface area contributed by atoms with Crippen LogP contribution in [-0.4, -0.2) is 49.1 Å². The Morgan fingerprint density at radius 1 is 1.36 bits per heavy atom. The number of amides is 1. The molecule has 0 fully saturated rings. The topological polar surface area (TPSA) is 82.8 Å². The molecule has 0 unspecified atom stereocenters. The molecule has 7 heteroatoms. The van der Waals surface area contributed by atoms with Gasteiger partial charge in [0.1, 0.15) is 6.54 Å².